The first-order valence-electron chi connectivity index (χ1n) is 6.69. The number of nitrogens with zero attached hydrogens (tertiary/aromatic N) is 2. The first-order valence-corrected chi connectivity index (χ1v) is 7.57. The van der Waals surface area contributed by atoms with Crippen LogP contribution in [0.3, 0.4) is 0 Å². The van der Waals surface area contributed by atoms with Gasteiger partial charge in [0.15, 0.2) is 10.6 Å². The Balaban J connectivity index is 2.13. The summed E-state index contributed by atoms with van der Waals surface area (Å²) in [7, 11) is 0. The number of furan rings is 1. The zero-order valence-corrected chi connectivity index (χ0v) is 12.6. The van der Waals surface area contributed by atoms with Crippen LogP contribution < -0.4 is 4.80 Å². The standard InChI is InChI=1S/C16H15FN2OS/c1-11(2)19-14(15-4-3-9-20-15)10-21-16(19)18-13-7-5-12(17)6-8-13/h3-11H,1-2H3. The molecule has 0 aliphatic heterocycles. The lowest BCUT2D eigenvalue weighted by Gasteiger charge is -2.10. The Labute approximate surface area is 126 Å². The highest BCUT2D eigenvalue weighted by atomic mass is 32.1. The molecule has 0 N–H and O–H groups in total. The number of aromatic nitrogens is 1. The Morgan fingerprint density at radius 3 is 2.57 bits per heavy atom. The zero-order valence-electron chi connectivity index (χ0n) is 11.8. The minimum atomic E-state index is -0.256. The van der Waals surface area contributed by atoms with E-state index in [0.29, 0.717) is 0 Å². The average molecular weight is 302 g/mol. The van der Waals surface area contributed by atoms with Crippen LogP contribution in [-0.4, -0.2) is 4.57 Å². The maximum absolute atomic E-state index is 13.0. The molecule has 0 saturated heterocycles. The highest BCUT2D eigenvalue weighted by Gasteiger charge is 2.12. The van der Waals surface area contributed by atoms with Crippen LogP contribution >= 0.6 is 11.3 Å². The molecule has 2 aromatic heterocycles. The average Bonchev–Trinajstić information content (AvgIpc) is 3.10. The number of benzene rings is 1. The van der Waals surface area contributed by atoms with Crippen LogP contribution in [0.4, 0.5) is 10.1 Å². The Hall–Kier alpha value is -2.14. The monoisotopic (exact) mass is 302 g/mol. The summed E-state index contributed by atoms with van der Waals surface area (Å²) in [5.41, 5.74) is 1.74. The van der Waals surface area contributed by atoms with E-state index in [9.17, 15) is 4.39 Å². The van der Waals surface area contributed by atoms with Crippen LogP contribution in [0.5, 0.6) is 0 Å². The molecule has 0 aliphatic carbocycles. The van der Waals surface area contributed by atoms with Crippen molar-refractivity contribution >= 4 is 17.0 Å². The lowest BCUT2D eigenvalue weighted by molar-refractivity contribution is 0.548. The zero-order chi connectivity index (χ0) is 14.8. The van der Waals surface area contributed by atoms with E-state index in [1.165, 1.54) is 12.1 Å². The van der Waals surface area contributed by atoms with Crippen molar-refractivity contribution in [3.63, 3.8) is 0 Å². The fourth-order valence-electron chi connectivity index (χ4n) is 2.13. The van der Waals surface area contributed by atoms with Crippen molar-refractivity contribution in [2.75, 3.05) is 0 Å². The summed E-state index contributed by atoms with van der Waals surface area (Å²) < 4.78 is 20.6. The molecular weight excluding hydrogens is 287 g/mol. The van der Waals surface area contributed by atoms with Gasteiger partial charge in [-0.3, -0.25) is 0 Å². The lowest BCUT2D eigenvalue weighted by atomic mass is 10.3. The third kappa shape index (κ3) is 2.83. The van der Waals surface area contributed by atoms with Crippen molar-refractivity contribution < 1.29 is 8.81 Å². The maximum Gasteiger partial charge on any atom is 0.190 e. The molecule has 5 heteroatoms. The third-order valence-electron chi connectivity index (χ3n) is 3.08. The van der Waals surface area contributed by atoms with Crippen LogP contribution in [-0.2, 0) is 0 Å². The molecule has 2 heterocycles. The van der Waals surface area contributed by atoms with Gasteiger partial charge >= 0.3 is 0 Å². The molecule has 0 spiro atoms. The molecule has 3 nitrogen and oxygen atoms in total. The minimum Gasteiger partial charge on any atom is -0.463 e. The third-order valence-corrected chi connectivity index (χ3v) is 3.92. The molecular formula is C16H15FN2OS. The quantitative estimate of drug-likeness (QED) is 0.686. The highest BCUT2D eigenvalue weighted by molar-refractivity contribution is 7.07. The molecule has 21 heavy (non-hydrogen) atoms. The van der Waals surface area contributed by atoms with Gasteiger partial charge in [-0.2, -0.15) is 0 Å². The summed E-state index contributed by atoms with van der Waals surface area (Å²) in [5, 5.41) is 2.03. The van der Waals surface area contributed by atoms with Crippen molar-refractivity contribution in [3.8, 4) is 11.5 Å². The summed E-state index contributed by atoms with van der Waals surface area (Å²) in [4.78, 5) is 5.47. The summed E-state index contributed by atoms with van der Waals surface area (Å²) in [6.07, 6.45) is 1.66. The van der Waals surface area contributed by atoms with Gasteiger partial charge in [0.25, 0.3) is 0 Å². The van der Waals surface area contributed by atoms with Gasteiger partial charge in [-0.25, -0.2) is 9.38 Å². The van der Waals surface area contributed by atoms with E-state index < -0.39 is 0 Å². The molecule has 0 unspecified atom stereocenters. The molecule has 3 rings (SSSR count). The van der Waals surface area contributed by atoms with E-state index in [0.717, 1.165) is 21.9 Å². The molecule has 0 aliphatic rings. The molecule has 3 aromatic rings. The van der Waals surface area contributed by atoms with Gasteiger partial charge in [-0.05, 0) is 50.2 Å². The second kappa shape index (κ2) is 5.69. The first kappa shape index (κ1) is 13.8. The number of hydrogen-bond acceptors (Lipinski definition) is 3. The van der Waals surface area contributed by atoms with E-state index in [-0.39, 0.29) is 11.9 Å². The summed E-state index contributed by atoms with van der Waals surface area (Å²) in [6.45, 7) is 4.20. The van der Waals surface area contributed by atoms with E-state index in [1.54, 1.807) is 29.7 Å². The fourth-order valence-corrected chi connectivity index (χ4v) is 3.16. The molecule has 0 amide bonds. The van der Waals surface area contributed by atoms with Crippen molar-refractivity contribution in [3.05, 3.63) is 58.7 Å². The molecule has 0 fully saturated rings. The number of thiazole rings is 1. The van der Waals surface area contributed by atoms with Crippen LogP contribution in [0, 0.1) is 5.82 Å². The second-order valence-corrected chi connectivity index (χ2v) is 5.77. The largest absolute Gasteiger partial charge is 0.463 e. The second-order valence-electron chi connectivity index (χ2n) is 4.93. The number of rotatable bonds is 3. The van der Waals surface area contributed by atoms with E-state index in [1.807, 2.05) is 17.5 Å². The summed E-state index contributed by atoms with van der Waals surface area (Å²) >= 11 is 1.54. The van der Waals surface area contributed by atoms with Gasteiger partial charge in [-0.15, -0.1) is 11.3 Å². The summed E-state index contributed by atoms with van der Waals surface area (Å²) in [6, 6.07) is 10.2. The van der Waals surface area contributed by atoms with Gasteiger partial charge in [-0.1, -0.05) is 0 Å². The van der Waals surface area contributed by atoms with E-state index in [4.69, 9.17) is 4.42 Å². The molecule has 0 bridgehead atoms. The summed E-state index contributed by atoms with van der Waals surface area (Å²) in [5.74, 6) is 0.564. The fraction of sp³-hybridized carbons (Fsp3) is 0.188. The van der Waals surface area contributed by atoms with E-state index in [2.05, 4.69) is 23.4 Å². The maximum atomic E-state index is 13.0. The number of hydrogen-bond donors (Lipinski definition) is 0. The Morgan fingerprint density at radius 1 is 1.19 bits per heavy atom. The van der Waals surface area contributed by atoms with Crippen LogP contribution in [0.2, 0.25) is 0 Å². The van der Waals surface area contributed by atoms with Crippen molar-refractivity contribution in [2.24, 2.45) is 4.99 Å². The Bertz CT molecular complexity index is 783. The predicted molar refractivity (Wildman–Crippen MR) is 82.0 cm³/mol. The van der Waals surface area contributed by atoms with Gasteiger partial charge in [0.2, 0.25) is 0 Å². The normalized spacial score (nSPS) is 12.3. The van der Waals surface area contributed by atoms with Crippen molar-refractivity contribution in [2.45, 2.75) is 19.9 Å². The molecule has 0 saturated carbocycles. The van der Waals surface area contributed by atoms with Crippen LogP contribution in [0.1, 0.15) is 19.9 Å². The van der Waals surface area contributed by atoms with Crippen LogP contribution in [0.25, 0.3) is 11.5 Å². The first-order chi connectivity index (χ1) is 10.1. The highest BCUT2D eigenvalue weighted by Crippen LogP contribution is 2.24. The SMILES string of the molecule is CC(C)n1c(-c2ccco2)csc1=Nc1ccc(F)cc1. The number of halogens is 1. The van der Waals surface area contributed by atoms with Gasteiger partial charge in [0.1, 0.15) is 5.82 Å². The molecule has 0 radical (unpaired) electrons. The van der Waals surface area contributed by atoms with Gasteiger partial charge in [0, 0.05) is 11.4 Å². The topological polar surface area (TPSA) is 30.4 Å². The minimum absolute atomic E-state index is 0.246. The molecule has 1 aromatic carbocycles. The predicted octanol–water partition coefficient (Wildman–Crippen LogP) is 4.76. The van der Waals surface area contributed by atoms with Crippen LogP contribution in [0.15, 0.2) is 57.5 Å². The van der Waals surface area contributed by atoms with Crippen molar-refractivity contribution in [1.82, 2.24) is 4.57 Å². The van der Waals surface area contributed by atoms with Gasteiger partial charge < -0.3 is 8.98 Å². The molecule has 0 atom stereocenters. The lowest BCUT2D eigenvalue weighted by Crippen LogP contribution is -2.17. The molecule has 108 valence electrons. The van der Waals surface area contributed by atoms with Gasteiger partial charge in [0.05, 0.1) is 17.6 Å². The smallest absolute Gasteiger partial charge is 0.190 e. The Morgan fingerprint density at radius 2 is 1.95 bits per heavy atom. The van der Waals surface area contributed by atoms with Crippen molar-refractivity contribution in [1.29, 1.82) is 0 Å². The Kier molecular flexibility index (Phi) is 3.75. The van der Waals surface area contributed by atoms with E-state index >= 15 is 0 Å².